The molecule has 3 fully saturated rings. The second-order valence-corrected chi connectivity index (χ2v) is 15.7. The topological polar surface area (TPSA) is 113 Å². The van der Waals surface area contributed by atoms with Crippen LogP contribution in [0.25, 0.3) is 21.9 Å². The fourth-order valence-electron chi connectivity index (χ4n) is 8.51. The number of aromatic nitrogens is 2. The Morgan fingerprint density at radius 1 is 0.627 bits per heavy atom. The molecule has 0 radical (unpaired) electrons. The molecule has 0 unspecified atom stereocenters. The van der Waals surface area contributed by atoms with Crippen LogP contribution in [0.3, 0.4) is 0 Å². The van der Waals surface area contributed by atoms with Crippen LogP contribution >= 0.6 is 0 Å². The lowest BCUT2D eigenvalue weighted by Gasteiger charge is -2.40. The first-order chi connectivity index (χ1) is 28.6. The molecule has 1 aromatic heterocycles. The van der Waals surface area contributed by atoms with E-state index in [1.54, 1.807) is 57.2 Å². The number of piperazine rings is 2. The Morgan fingerprint density at radius 3 is 1.93 bits per heavy atom. The van der Waals surface area contributed by atoms with Crippen molar-refractivity contribution >= 4 is 28.5 Å². The van der Waals surface area contributed by atoms with Gasteiger partial charge in [-0.25, -0.2) is 18.3 Å². The van der Waals surface area contributed by atoms with E-state index >= 15 is 13.2 Å². The van der Waals surface area contributed by atoms with Crippen molar-refractivity contribution < 1.29 is 27.6 Å². The van der Waals surface area contributed by atoms with Crippen molar-refractivity contribution in [1.29, 1.82) is 0 Å². The maximum Gasteiger partial charge on any atom is 0.272 e. The molecule has 3 amide bonds. The van der Waals surface area contributed by atoms with Gasteiger partial charge >= 0.3 is 0 Å². The Kier molecular flexibility index (Phi) is 11.9. The van der Waals surface area contributed by atoms with Crippen LogP contribution in [-0.4, -0.2) is 131 Å². The summed E-state index contributed by atoms with van der Waals surface area (Å²) in [5, 5.41) is 7.93. The fraction of sp³-hybridized carbons (Fsp3) is 0.356. The zero-order valence-corrected chi connectivity index (χ0v) is 32.7. The molecule has 1 N–H and O–H groups in total. The Labute approximate surface area is 340 Å². The highest BCUT2D eigenvalue weighted by Gasteiger charge is 2.31. The fourth-order valence-corrected chi connectivity index (χ4v) is 8.51. The Morgan fingerprint density at radius 2 is 1.24 bits per heavy atom. The number of amides is 3. The lowest BCUT2D eigenvalue weighted by molar-refractivity contribution is -0.134. The summed E-state index contributed by atoms with van der Waals surface area (Å²) in [5.41, 5.74) is 1.53. The third-order valence-corrected chi connectivity index (χ3v) is 11.9. The lowest BCUT2D eigenvalue weighted by Crippen LogP contribution is -2.55. The van der Waals surface area contributed by atoms with Crippen LogP contribution in [0.1, 0.15) is 44.8 Å². The monoisotopic (exact) mass is 805 g/mol. The molecular weight excluding hydrogens is 760 g/mol. The third-order valence-electron chi connectivity index (χ3n) is 11.9. The third kappa shape index (κ3) is 8.93. The predicted octanol–water partition coefficient (Wildman–Crippen LogP) is 5.05. The number of piperidine rings is 1. The molecule has 4 aromatic carbocycles. The number of nitrogens with zero attached hydrogens (tertiary/aromatic N) is 6. The van der Waals surface area contributed by atoms with Gasteiger partial charge in [0.05, 0.1) is 23.2 Å². The van der Waals surface area contributed by atoms with E-state index in [-0.39, 0.29) is 23.6 Å². The number of hydrogen-bond acceptors (Lipinski definition) is 7. The zero-order chi connectivity index (χ0) is 41.0. The van der Waals surface area contributed by atoms with Gasteiger partial charge in [-0.3, -0.25) is 24.1 Å². The van der Waals surface area contributed by atoms with Crippen LogP contribution in [0.5, 0.6) is 0 Å². The minimum Gasteiger partial charge on any atom is -0.338 e. The molecular formula is C45H46F3N7O4. The summed E-state index contributed by atoms with van der Waals surface area (Å²) in [6, 6.07) is 22.9. The van der Waals surface area contributed by atoms with E-state index < -0.39 is 34.8 Å². The first kappa shape index (κ1) is 39.9. The Balaban J connectivity index is 0.765. The highest BCUT2D eigenvalue weighted by molar-refractivity contribution is 5.96. The van der Waals surface area contributed by atoms with Crippen LogP contribution in [0.4, 0.5) is 13.2 Å². The van der Waals surface area contributed by atoms with Crippen molar-refractivity contribution in [3.05, 3.63) is 135 Å². The van der Waals surface area contributed by atoms with Gasteiger partial charge < -0.3 is 19.6 Å². The predicted molar refractivity (Wildman–Crippen MR) is 217 cm³/mol. The molecule has 0 saturated carbocycles. The molecule has 11 nitrogen and oxygen atoms in total. The summed E-state index contributed by atoms with van der Waals surface area (Å²) in [5.74, 6) is -3.02. The number of H-pyrrole nitrogens is 1. The SMILES string of the molecule is O=C(CN1CCN(CC2CCN(C(=O)c3c(F)cc(-c4ccccc4)cc3F)CC2)CC1)N1CCN(C(=O)c2cc(Cc3n[nH]c(=O)c4ccccc34)ccc2F)CC1. The molecule has 3 saturated heterocycles. The number of likely N-dealkylation sites (tertiary alicyclic amines) is 1. The summed E-state index contributed by atoms with van der Waals surface area (Å²) in [7, 11) is 0. The number of halogens is 3. The van der Waals surface area contributed by atoms with Crippen molar-refractivity contribution in [1.82, 2.24) is 34.7 Å². The van der Waals surface area contributed by atoms with Gasteiger partial charge in [-0.1, -0.05) is 54.6 Å². The number of carbonyl (C=O) groups is 3. The molecule has 14 heteroatoms. The molecule has 0 bridgehead atoms. The zero-order valence-electron chi connectivity index (χ0n) is 32.7. The van der Waals surface area contributed by atoms with E-state index in [1.165, 1.54) is 24.3 Å². The molecule has 0 spiro atoms. The van der Waals surface area contributed by atoms with Crippen molar-refractivity contribution in [2.75, 3.05) is 78.5 Å². The number of hydrogen-bond donors (Lipinski definition) is 1. The smallest absolute Gasteiger partial charge is 0.272 e. The number of fused-ring (bicyclic) bond motifs is 1. The average molecular weight is 806 g/mol. The molecule has 0 atom stereocenters. The molecule has 8 rings (SSSR count). The first-order valence-electron chi connectivity index (χ1n) is 20.2. The molecule has 4 heterocycles. The van der Waals surface area contributed by atoms with Crippen LogP contribution in [0, 0.1) is 23.4 Å². The molecule has 5 aromatic rings. The average Bonchev–Trinajstić information content (AvgIpc) is 3.26. The number of benzene rings is 4. The molecule has 306 valence electrons. The van der Waals surface area contributed by atoms with Crippen molar-refractivity contribution in [3.63, 3.8) is 0 Å². The Hall–Kier alpha value is -5.86. The normalized spacial score (nSPS) is 17.1. The van der Waals surface area contributed by atoms with Crippen LogP contribution in [0.15, 0.2) is 89.7 Å². The van der Waals surface area contributed by atoms with Gasteiger partial charge in [0.2, 0.25) is 5.91 Å². The van der Waals surface area contributed by atoms with E-state index in [1.807, 2.05) is 18.2 Å². The summed E-state index contributed by atoms with van der Waals surface area (Å²) in [6.07, 6.45) is 1.79. The standard InChI is InChI=1S/C45H46F3N7O4/c46-37-11-10-31(25-40-34-8-4-5-9-35(34)43(57)50-49-40)24-36(37)44(58)55-22-20-53(21-23-55)41(56)29-52-18-16-51(17-19-52)28-30-12-14-54(15-13-30)45(59)42-38(47)26-33(27-39(42)48)32-6-2-1-3-7-32/h1-11,24,26-27,30H,12-23,25,28-29H2,(H,50,57). The van der Waals surface area contributed by atoms with Gasteiger partial charge in [-0.15, -0.1) is 0 Å². The van der Waals surface area contributed by atoms with E-state index in [0.717, 1.165) is 45.6 Å². The van der Waals surface area contributed by atoms with Gasteiger partial charge in [0.15, 0.2) is 0 Å². The molecule has 3 aliphatic rings. The van der Waals surface area contributed by atoms with E-state index in [0.29, 0.717) is 84.8 Å². The minimum absolute atomic E-state index is 0.000950. The minimum atomic E-state index is -0.854. The van der Waals surface area contributed by atoms with Crippen molar-refractivity contribution in [3.8, 4) is 11.1 Å². The van der Waals surface area contributed by atoms with Gasteiger partial charge in [0.25, 0.3) is 17.4 Å². The van der Waals surface area contributed by atoms with Crippen LogP contribution in [-0.2, 0) is 11.2 Å². The first-order valence-corrected chi connectivity index (χ1v) is 20.2. The van der Waals surface area contributed by atoms with Crippen molar-refractivity contribution in [2.24, 2.45) is 5.92 Å². The largest absolute Gasteiger partial charge is 0.338 e. The summed E-state index contributed by atoms with van der Waals surface area (Å²) >= 11 is 0. The van der Waals surface area contributed by atoms with Crippen molar-refractivity contribution in [2.45, 2.75) is 19.3 Å². The molecule has 0 aliphatic carbocycles. The molecule has 59 heavy (non-hydrogen) atoms. The number of rotatable bonds is 9. The molecule has 3 aliphatic heterocycles. The quantitative estimate of drug-likeness (QED) is 0.222. The highest BCUT2D eigenvalue weighted by atomic mass is 19.1. The number of nitrogens with one attached hydrogen (secondary N) is 1. The summed E-state index contributed by atoms with van der Waals surface area (Å²) < 4.78 is 45.1. The van der Waals surface area contributed by atoms with Gasteiger partial charge in [-0.05, 0) is 65.8 Å². The maximum atomic E-state index is 15.1. The van der Waals surface area contributed by atoms with Gasteiger partial charge in [0.1, 0.15) is 23.0 Å². The Bertz CT molecular complexity index is 2380. The van der Waals surface area contributed by atoms with Gasteiger partial charge in [0, 0.05) is 83.8 Å². The van der Waals surface area contributed by atoms with Gasteiger partial charge in [-0.2, -0.15) is 5.10 Å². The van der Waals surface area contributed by atoms with E-state index in [2.05, 4.69) is 20.0 Å². The second-order valence-electron chi connectivity index (χ2n) is 15.7. The summed E-state index contributed by atoms with van der Waals surface area (Å²) in [6.45, 7) is 6.40. The van der Waals surface area contributed by atoms with E-state index in [4.69, 9.17) is 0 Å². The lowest BCUT2D eigenvalue weighted by atomic mass is 9.95. The highest BCUT2D eigenvalue weighted by Crippen LogP contribution is 2.28. The number of carbonyl (C=O) groups excluding carboxylic acids is 3. The van der Waals surface area contributed by atoms with Crippen LogP contribution < -0.4 is 5.56 Å². The van der Waals surface area contributed by atoms with E-state index in [9.17, 15) is 19.2 Å². The second kappa shape index (κ2) is 17.6. The maximum absolute atomic E-state index is 15.1. The van der Waals surface area contributed by atoms with Crippen LogP contribution in [0.2, 0.25) is 0 Å². The number of aromatic amines is 1. The summed E-state index contributed by atoms with van der Waals surface area (Å²) in [4.78, 5) is 61.6.